The van der Waals surface area contributed by atoms with Gasteiger partial charge in [-0.15, -0.1) is 0 Å². The van der Waals surface area contributed by atoms with Crippen LogP contribution in [0.4, 0.5) is 0 Å². The number of methoxy groups -OCH3 is 1. The van der Waals surface area contributed by atoms with Crippen LogP contribution in [0.2, 0.25) is 0 Å². The van der Waals surface area contributed by atoms with E-state index in [1.807, 2.05) is 24.3 Å². The van der Waals surface area contributed by atoms with Crippen LogP contribution in [-0.4, -0.2) is 37.2 Å². The molecule has 1 N–H and O–H groups in total. The minimum Gasteiger partial charge on any atom is -0.497 e. The third-order valence-electron chi connectivity index (χ3n) is 4.16. The number of nitriles is 1. The predicted octanol–water partition coefficient (Wildman–Crippen LogP) is 2.16. The fraction of sp³-hybridized carbons (Fsp3) is 0.562. The zero-order valence-corrected chi connectivity index (χ0v) is 12.4. The zero-order chi connectivity index (χ0) is 14.4. The van der Waals surface area contributed by atoms with Crippen LogP contribution < -0.4 is 10.1 Å². The second kappa shape index (κ2) is 6.74. The van der Waals surface area contributed by atoms with E-state index in [1.54, 1.807) is 7.11 Å². The molecule has 1 fully saturated rings. The molecule has 1 saturated heterocycles. The highest BCUT2D eigenvalue weighted by atomic mass is 16.5. The van der Waals surface area contributed by atoms with Gasteiger partial charge >= 0.3 is 0 Å². The summed E-state index contributed by atoms with van der Waals surface area (Å²) in [6.45, 7) is 5.97. The Kier molecular flexibility index (Phi) is 4.99. The molecule has 0 amide bonds. The Morgan fingerprint density at radius 2 is 1.95 bits per heavy atom. The summed E-state index contributed by atoms with van der Waals surface area (Å²) in [6.07, 6.45) is 1.79. The Morgan fingerprint density at radius 1 is 1.30 bits per heavy atom. The fourth-order valence-corrected chi connectivity index (χ4v) is 2.59. The van der Waals surface area contributed by atoms with E-state index in [0.29, 0.717) is 0 Å². The minimum absolute atomic E-state index is 0.369. The lowest BCUT2D eigenvalue weighted by molar-refractivity contribution is 0.172. The number of rotatable bonds is 5. The van der Waals surface area contributed by atoms with Gasteiger partial charge in [0.05, 0.1) is 13.2 Å². The molecule has 108 valence electrons. The van der Waals surface area contributed by atoms with Crippen LogP contribution in [-0.2, 0) is 6.54 Å². The molecule has 0 bridgehead atoms. The normalized spacial score (nSPS) is 18.4. The summed E-state index contributed by atoms with van der Waals surface area (Å²) in [7, 11) is 1.67. The van der Waals surface area contributed by atoms with Gasteiger partial charge in [-0.05, 0) is 37.1 Å². The van der Waals surface area contributed by atoms with E-state index in [9.17, 15) is 5.26 Å². The quantitative estimate of drug-likeness (QED) is 0.893. The summed E-state index contributed by atoms with van der Waals surface area (Å²) in [5, 5.41) is 13.0. The van der Waals surface area contributed by atoms with Gasteiger partial charge in [0.15, 0.2) is 0 Å². The number of piperidine rings is 1. The SMILES string of the molecule is CCN1CCC(C#N)(NCc2ccc(OC)cc2)CC1. The maximum absolute atomic E-state index is 9.51. The van der Waals surface area contributed by atoms with Gasteiger partial charge in [0, 0.05) is 19.6 Å². The maximum Gasteiger partial charge on any atom is 0.118 e. The average Bonchev–Trinajstić information content (AvgIpc) is 2.54. The third-order valence-corrected chi connectivity index (χ3v) is 4.16. The molecule has 4 heteroatoms. The van der Waals surface area contributed by atoms with Crippen LogP contribution in [0.1, 0.15) is 25.3 Å². The lowest BCUT2D eigenvalue weighted by atomic mass is 9.88. The molecule has 1 aliphatic rings. The van der Waals surface area contributed by atoms with Crippen molar-refractivity contribution < 1.29 is 4.74 Å². The second-order valence-corrected chi connectivity index (χ2v) is 5.33. The topological polar surface area (TPSA) is 48.3 Å². The van der Waals surface area contributed by atoms with Crippen molar-refractivity contribution in [1.82, 2.24) is 10.2 Å². The van der Waals surface area contributed by atoms with Crippen molar-refractivity contribution >= 4 is 0 Å². The molecule has 0 radical (unpaired) electrons. The van der Waals surface area contributed by atoms with Gasteiger partial charge < -0.3 is 9.64 Å². The Hall–Kier alpha value is -1.57. The molecule has 0 unspecified atom stereocenters. The highest BCUT2D eigenvalue weighted by molar-refractivity contribution is 5.27. The maximum atomic E-state index is 9.51. The van der Waals surface area contributed by atoms with E-state index in [-0.39, 0.29) is 5.54 Å². The van der Waals surface area contributed by atoms with Gasteiger partial charge in [-0.1, -0.05) is 19.1 Å². The Labute approximate surface area is 121 Å². The van der Waals surface area contributed by atoms with Crippen molar-refractivity contribution in [2.24, 2.45) is 0 Å². The molecule has 20 heavy (non-hydrogen) atoms. The first-order valence-electron chi connectivity index (χ1n) is 7.23. The first-order valence-corrected chi connectivity index (χ1v) is 7.23. The van der Waals surface area contributed by atoms with E-state index < -0.39 is 0 Å². The highest BCUT2D eigenvalue weighted by Crippen LogP contribution is 2.22. The van der Waals surface area contributed by atoms with Crippen LogP contribution >= 0.6 is 0 Å². The molecule has 2 rings (SSSR count). The fourth-order valence-electron chi connectivity index (χ4n) is 2.59. The molecule has 1 heterocycles. The smallest absolute Gasteiger partial charge is 0.118 e. The van der Waals surface area contributed by atoms with Crippen LogP contribution in [0.3, 0.4) is 0 Å². The molecule has 1 aromatic carbocycles. The zero-order valence-electron chi connectivity index (χ0n) is 12.4. The lowest BCUT2D eigenvalue weighted by Crippen LogP contribution is -2.52. The molecule has 1 aromatic rings. The van der Waals surface area contributed by atoms with Gasteiger partial charge in [-0.3, -0.25) is 5.32 Å². The number of benzene rings is 1. The summed E-state index contributed by atoms with van der Waals surface area (Å²) in [5.41, 5.74) is 0.810. The standard InChI is InChI=1S/C16H23N3O/c1-3-19-10-8-16(13-17,9-11-19)18-12-14-4-6-15(20-2)7-5-14/h4-7,18H,3,8-12H2,1-2H3. The van der Waals surface area contributed by atoms with Crippen molar-refractivity contribution in [2.75, 3.05) is 26.7 Å². The Balaban J connectivity index is 1.92. The van der Waals surface area contributed by atoms with Gasteiger partial charge in [0.2, 0.25) is 0 Å². The molecule has 0 aromatic heterocycles. The van der Waals surface area contributed by atoms with Gasteiger partial charge in [-0.2, -0.15) is 5.26 Å². The van der Waals surface area contributed by atoms with E-state index in [2.05, 4.69) is 23.2 Å². The van der Waals surface area contributed by atoms with Crippen LogP contribution in [0.25, 0.3) is 0 Å². The lowest BCUT2D eigenvalue weighted by Gasteiger charge is -2.37. The first kappa shape index (κ1) is 14.8. The summed E-state index contributed by atoms with van der Waals surface area (Å²) >= 11 is 0. The number of nitrogens with zero attached hydrogens (tertiary/aromatic N) is 2. The Bertz CT molecular complexity index is 456. The first-order chi connectivity index (χ1) is 9.71. The van der Waals surface area contributed by atoms with Crippen molar-refractivity contribution in [3.63, 3.8) is 0 Å². The van der Waals surface area contributed by atoms with Crippen molar-refractivity contribution in [3.05, 3.63) is 29.8 Å². The average molecular weight is 273 g/mol. The number of ether oxygens (including phenoxy) is 1. The summed E-state index contributed by atoms with van der Waals surface area (Å²) in [4.78, 5) is 2.39. The molecule has 0 atom stereocenters. The van der Waals surface area contributed by atoms with Crippen LogP contribution in [0.5, 0.6) is 5.75 Å². The summed E-state index contributed by atoms with van der Waals surface area (Å²) in [5.74, 6) is 0.861. The molecule has 4 nitrogen and oxygen atoms in total. The number of nitrogens with one attached hydrogen (secondary N) is 1. The van der Waals surface area contributed by atoms with Gasteiger partial charge in [-0.25, -0.2) is 0 Å². The third kappa shape index (κ3) is 3.50. The highest BCUT2D eigenvalue weighted by Gasteiger charge is 2.33. The predicted molar refractivity (Wildman–Crippen MR) is 79.5 cm³/mol. The van der Waals surface area contributed by atoms with E-state index in [4.69, 9.17) is 4.74 Å². The molecular weight excluding hydrogens is 250 g/mol. The number of likely N-dealkylation sites (tertiary alicyclic amines) is 1. The van der Waals surface area contributed by atoms with Crippen molar-refractivity contribution in [3.8, 4) is 11.8 Å². The molecule has 0 saturated carbocycles. The number of hydrogen-bond acceptors (Lipinski definition) is 4. The van der Waals surface area contributed by atoms with E-state index >= 15 is 0 Å². The molecule has 1 aliphatic heterocycles. The van der Waals surface area contributed by atoms with Crippen LogP contribution in [0.15, 0.2) is 24.3 Å². The van der Waals surface area contributed by atoms with Crippen molar-refractivity contribution in [2.45, 2.75) is 31.8 Å². The summed E-state index contributed by atoms with van der Waals surface area (Å²) < 4.78 is 5.15. The molecule has 0 aliphatic carbocycles. The molecule has 0 spiro atoms. The molecular formula is C16H23N3O. The summed E-state index contributed by atoms with van der Waals surface area (Å²) in [6, 6.07) is 10.5. The monoisotopic (exact) mass is 273 g/mol. The van der Waals surface area contributed by atoms with Crippen molar-refractivity contribution in [1.29, 1.82) is 5.26 Å². The minimum atomic E-state index is -0.369. The van der Waals surface area contributed by atoms with Crippen LogP contribution in [0, 0.1) is 11.3 Å². The van der Waals surface area contributed by atoms with E-state index in [1.165, 1.54) is 5.56 Å². The van der Waals surface area contributed by atoms with E-state index in [0.717, 1.165) is 44.8 Å². The number of hydrogen-bond donors (Lipinski definition) is 1. The largest absolute Gasteiger partial charge is 0.497 e. The van der Waals surface area contributed by atoms with Gasteiger partial charge in [0.1, 0.15) is 11.3 Å². The van der Waals surface area contributed by atoms with Gasteiger partial charge in [0.25, 0.3) is 0 Å². The Morgan fingerprint density at radius 3 is 2.45 bits per heavy atom. The second-order valence-electron chi connectivity index (χ2n) is 5.33.